The minimum atomic E-state index is -0.314. The molecule has 0 saturated carbocycles. The van der Waals surface area contributed by atoms with E-state index in [0.29, 0.717) is 22.6 Å². The number of nitrogens with zero attached hydrogens (tertiary/aromatic N) is 7. The summed E-state index contributed by atoms with van der Waals surface area (Å²) in [5.41, 5.74) is 1.52. The molecule has 0 saturated heterocycles. The van der Waals surface area contributed by atoms with Gasteiger partial charge in [-0.05, 0) is 12.1 Å². The van der Waals surface area contributed by atoms with Gasteiger partial charge in [0.15, 0.2) is 5.69 Å². The van der Waals surface area contributed by atoms with Crippen LogP contribution in [0.5, 0.6) is 0 Å². The lowest BCUT2D eigenvalue weighted by molar-refractivity contribution is 0.369. The van der Waals surface area contributed by atoms with E-state index in [0.717, 1.165) is 5.39 Å². The molecular weight excluding hydrogens is 338 g/mol. The Morgan fingerprint density at radius 1 is 1.23 bits per heavy atom. The van der Waals surface area contributed by atoms with Crippen molar-refractivity contribution in [2.24, 2.45) is 7.05 Å². The molecule has 0 fully saturated rings. The maximum atomic E-state index is 12.7. The predicted molar refractivity (Wildman–Crippen MR) is 89.2 cm³/mol. The summed E-state index contributed by atoms with van der Waals surface area (Å²) >= 11 is 0. The van der Waals surface area contributed by atoms with E-state index in [9.17, 15) is 4.79 Å². The normalized spacial score (nSPS) is 11.6. The number of aromatic nitrogens is 7. The highest BCUT2D eigenvalue weighted by atomic mass is 16.5. The first-order valence-corrected chi connectivity index (χ1v) is 7.75. The molecule has 0 spiro atoms. The van der Waals surface area contributed by atoms with Crippen LogP contribution < -0.4 is 5.56 Å². The molecule has 26 heavy (non-hydrogen) atoms. The molecule has 5 rings (SSSR count). The van der Waals surface area contributed by atoms with Crippen LogP contribution in [0.25, 0.3) is 33.6 Å². The van der Waals surface area contributed by atoms with Crippen molar-refractivity contribution in [1.29, 1.82) is 0 Å². The van der Waals surface area contributed by atoms with Gasteiger partial charge in [0.2, 0.25) is 17.3 Å². The fourth-order valence-electron chi connectivity index (χ4n) is 2.75. The number of rotatable bonds is 3. The maximum Gasteiger partial charge on any atom is 0.297 e. The first-order valence-electron chi connectivity index (χ1n) is 7.75. The van der Waals surface area contributed by atoms with Gasteiger partial charge in [0.1, 0.15) is 17.6 Å². The monoisotopic (exact) mass is 349 g/mol. The second kappa shape index (κ2) is 5.34. The van der Waals surface area contributed by atoms with Gasteiger partial charge in [0.05, 0.1) is 12.5 Å². The third kappa shape index (κ3) is 2.19. The Bertz CT molecular complexity index is 1310. The summed E-state index contributed by atoms with van der Waals surface area (Å²) in [4.78, 5) is 21.3. The van der Waals surface area contributed by atoms with E-state index in [1.807, 2.05) is 18.2 Å². The summed E-state index contributed by atoms with van der Waals surface area (Å²) in [6.45, 7) is 0.0755. The smallest absolute Gasteiger partial charge is 0.297 e. The molecule has 0 unspecified atom stereocenters. The molecule has 0 atom stereocenters. The van der Waals surface area contributed by atoms with Crippen LogP contribution in [0.2, 0.25) is 0 Å². The summed E-state index contributed by atoms with van der Waals surface area (Å²) in [6, 6.07) is 7.38. The first kappa shape index (κ1) is 14.5. The Balaban J connectivity index is 1.54. The lowest BCUT2D eigenvalue weighted by Gasteiger charge is -1.99. The van der Waals surface area contributed by atoms with Crippen LogP contribution in [0.4, 0.5) is 0 Å². The molecule has 4 aromatic heterocycles. The lowest BCUT2D eigenvalue weighted by Crippen LogP contribution is -2.20. The predicted octanol–water partition coefficient (Wildman–Crippen LogP) is 1.37. The van der Waals surface area contributed by atoms with Crippen molar-refractivity contribution < 1.29 is 8.94 Å². The van der Waals surface area contributed by atoms with Gasteiger partial charge in [-0.1, -0.05) is 22.5 Å². The van der Waals surface area contributed by atoms with Crippen LogP contribution in [0.15, 0.2) is 50.5 Å². The molecule has 0 N–H and O–H groups in total. The van der Waals surface area contributed by atoms with Crippen molar-refractivity contribution in [3.05, 3.63) is 53.0 Å². The van der Waals surface area contributed by atoms with E-state index in [2.05, 4.69) is 25.4 Å². The molecule has 0 aliphatic heterocycles. The van der Waals surface area contributed by atoms with E-state index >= 15 is 0 Å². The van der Waals surface area contributed by atoms with Gasteiger partial charge in [0.25, 0.3) is 5.56 Å². The number of fused-ring (bicyclic) bond motifs is 3. The average molecular weight is 349 g/mol. The van der Waals surface area contributed by atoms with Crippen molar-refractivity contribution in [2.45, 2.75) is 6.54 Å². The third-order valence-electron chi connectivity index (χ3n) is 3.96. The van der Waals surface area contributed by atoms with Gasteiger partial charge in [-0.15, -0.1) is 5.10 Å². The van der Waals surface area contributed by atoms with Crippen LogP contribution in [-0.2, 0) is 13.6 Å². The fraction of sp³-hybridized carbons (Fsp3) is 0.125. The zero-order chi connectivity index (χ0) is 17.7. The second-order valence-corrected chi connectivity index (χ2v) is 5.74. The van der Waals surface area contributed by atoms with Gasteiger partial charge in [0, 0.05) is 12.4 Å². The molecule has 5 aromatic rings. The molecule has 128 valence electrons. The highest BCUT2D eigenvalue weighted by Gasteiger charge is 2.16. The lowest BCUT2D eigenvalue weighted by atomic mass is 10.2. The number of hydrogen-bond acceptors (Lipinski definition) is 8. The molecule has 10 nitrogen and oxygen atoms in total. The van der Waals surface area contributed by atoms with Gasteiger partial charge < -0.3 is 8.94 Å². The van der Waals surface area contributed by atoms with Gasteiger partial charge in [-0.3, -0.25) is 14.0 Å². The van der Waals surface area contributed by atoms with E-state index in [1.54, 1.807) is 19.3 Å². The second-order valence-electron chi connectivity index (χ2n) is 5.74. The van der Waals surface area contributed by atoms with Gasteiger partial charge >= 0.3 is 0 Å². The van der Waals surface area contributed by atoms with E-state index < -0.39 is 0 Å². The number of para-hydroxylation sites is 1. The highest BCUT2D eigenvalue weighted by Crippen LogP contribution is 2.24. The summed E-state index contributed by atoms with van der Waals surface area (Å²) < 4.78 is 13.8. The molecule has 4 heterocycles. The zero-order valence-electron chi connectivity index (χ0n) is 13.5. The fourth-order valence-corrected chi connectivity index (χ4v) is 2.75. The van der Waals surface area contributed by atoms with Crippen LogP contribution in [0, 0.1) is 0 Å². The van der Waals surface area contributed by atoms with Crippen molar-refractivity contribution >= 4 is 22.1 Å². The van der Waals surface area contributed by atoms with Gasteiger partial charge in [-0.2, -0.15) is 4.98 Å². The summed E-state index contributed by atoms with van der Waals surface area (Å²) in [6.07, 6.45) is 3.11. The van der Waals surface area contributed by atoms with Crippen LogP contribution in [0.3, 0.4) is 0 Å². The highest BCUT2D eigenvalue weighted by molar-refractivity contribution is 6.01. The molecule has 0 radical (unpaired) electrons. The summed E-state index contributed by atoms with van der Waals surface area (Å²) in [5.74, 6) is 0.559. The molecule has 0 aliphatic carbocycles. The largest absolute Gasteiger partial charge is 0.448 e. The van der Waals surface area contributed by atoms with Crippen LogP contribution in [0.1, 0.15) is 5.89 Å². The minimum Gasteiger partial charge on any atom is -0.448 e. The summed E-state index contributed by atoms with van der Waals surface area (Å²) in [7, 11) is 1.74. The van der Waals surface area contributed by atoms with Crippen molar-refractivity contribution in [1.82, 2.24) is 34.7 Å². The Hall–Kier alpha value is -3.82. The standard InChI is InChI=1S/C16H11N7O3/c1-22-6-10(19-21-22)15-18-12(26-20-15)7-23-8-17-13-9-4-2-3-5-11(9)25-14(13)16(23)24/h2-6,8H,7H2,1H3. The number of furan rings is 1. The Morgan fingerprint density at radius 3 is 2.96 bits per heavy atom. The molecule has 0 aliphatic rings. The Morgan fingerprint density at radius 2 is 2.12 bits per heavy atom. The first-order chi connectivity index (χ1) is 12.7. The summed E-state index contributed by atoms with van der Waals surface area (Å²) in [5, 5.41) is 12.4. The molecule has 0 amide bonds. The number of hydrogen-bond donors (Lipinski definition) is 0. The molecule has 10 heteroatoms. The average Bonchev–Trinajstić information content (AvgIpc) is 3.35. The molecular formula is C16H11N7O3. The quantitative estimate of drug-likeness (QED) is 0.479. The topological polar surface area (TPSA) is 118 Å². The third-order valence-corrected chi connectivity index (χ3v) is 3.96. The van der Waals surface area contributed by atoms with Crippen molar-refractivity contribution in [3.63, 3.8) is 0 Å². The van der Waals surface area contributed by atoms with Crippen molar-refractivity contribution in [3.8, 4) is 11.5 Å². The van der Waals surface area contributed by atoms with E-state index in [1.165, 1.54) is 15.6 Å². The Kier molecular flexibility index (Phi) is 2.98. The number of benzene rings is 1. The van der Waals surface area contributed by atoms with Gasteiger partial charge in [-0.25, -0.2) is 4.98 Å². The SMILES string of the molecule is Cn1cc(-c2noc(Cn3cnc4c(oc5ccccc54)c3=O)n2)nn1. The van der Waals surface area contributed by atoms with Crippen LogP contribution in [-0.4, -0.2) is 34.7 Å². The number of aryl methyl sites for hydroxylation is 1. The molecule has 0 bridgehead atoms. The van der Waals surface area contributed by atoms with E-state index in [-0.39, 0.29) is 23.6 Å². The molecule has 1 aromatic carbocycles. The van der Waals surface area contributed by atoms with Crippen molar-refractivity contribution in [2.75, 3.05) is 0 Å². The maximum absolute atomic E-state index is 12.7. The minimum absolute atomic E-state index is 0.0755. The zero-order valence-corrected chi connectivity index (χ0v) is 13.5. The van der Waals surface area contributed by atoms with E-state index in [4.69, 9.17) is 8.94 Å². The van der Waals surface area contributed by atoms with Crippen LogP contribution >= 0.6 is 0 Å². The Labute approximate surface area is 144 Å².